The molecule has 2 rings (SSSR count). The normalized spacial score (nSPS) is 18.5. The van der Waals surface area contributed by atoms with Gasteiger partial charge in [0.05, 0.1) is 6.61 Å². The number of hydrazone groups is 1. The topological polar surface area (TPSA) is 71.0 Å². The lowest BCUT2D eigenvalue weighted by atomic mass is 10.1. The lowest BCUT2D eigenvalue weighted by Crippen LogP contribution is -2.37. The number of amides is 2. The number of nitrogens with one attached hydrogen (secondary N) is 1. The van der Waals surface area contributed by atoms with Crippen LogP contribution in [-0.4, -0.2) is 28.6 Å². The number of hydrogen-bond acceptors (Lipinski definition) is 5. The van der Waals surface area contributed by atoms with Gasteiger partial charge in [0, 0.05) is 13.8 Å². The Bertz CT molecular complexity index is 721. The van der Waals surface area contributed by atoms with Gasteiger partial charge < -0.3 is 10.1 Å². The summed E-state index contributed by atoms with van der Waals surface area (Å²) in [6, 6.07) is 7.76. The van der Waals surface area contributed by atoms with Crippen LogP contribution < -0.4 is 10.1 Å². The minimum absolute atomic E-state index is 0.181. The van der Waals surface area contributed by atoms with Crippen molar-refractivity contribution in [3.05, 3.63) is 29.8 Å². The van der Waals surface area contributed by atoms with Crippen LogP contribution in [-0.2, 0) is 14.5 Å². The minimum Gasteiger partial charge on any atom is -0.494 e. The number of carbonyl (C=O) groups excluding carboxylic acids is 2. The number of amidine groups is 1. The van der Waals surface area contributed by atoms with E-state index in [1.54, 1.807) is 0 Å². The molecule has 1 aliphatic heterocycles. The first-order valence-corrected chi connectivity index (χ1v) is 11.3. The van der Waals surface area contributed by atoms with Crippen molar-refractivity contribution in [1.82, 2.24) is 10.3 Å². The van der Waals surface area contributed by atoms with E-state index in [9.17, 15) is 9.59 Å². The molecule has 2 amide bonds. The van der Waals surface area contributed by atoms with Gasteiger partial charge in [-0.3, -0.25) is 9.59 Å². The second kappa shape index (κ2) is 11.2. The van der Waals surface area contributed by atoms with Crippen molar-refractivity contribution in [1.29, 1.82) is 0 Å². The maximum Gasteiger partial charge on any atom is 0.241 e. The van der Waals surface area contributed by atoms with Crippen molar-refractivity contribution in [3.8, 4) is 5.75 Å². The zero-order valence-electron chi connectivity index (χ0n) is 18.0. The molecule has 1 N–H and O–H groups in total. The average molecular weight is 420 g/mol. The van der Waals surface area contributed by atoms with E-state index in [1.807, 2.05) is 31.2 Å². The highest BCUT2D eigenvalue weighted by atomic mass is 32.2. The van der Waals surface area contributed by atoms with Crippen LogP contribution in [0.25, 0.3) is 0 Å². The molecule has 1 atom stereocenters. The maximum atomic E-state index is 12.1. The van der Waals surface area contributed by atoms with E-state index in [2.05, 4.69) is 17.3 Å². The summed E-state index contributed by atoms with van der Waals surface area (Å²) in [5.41, 5.74) is 0.921. The van der Waals surface area contributed by atoms with Crippen molar-refractivity contribution in [2.45, 2.75) is 77.5 Å². The number of ether oxygens (including phenoxy) is 1. The maximum absolute atomic E-state index is 12.1. The third kappa shape index (κ3) is 6.77. The van der Waals surface area contributed by atoms with Crippen LogP contribution >= 0.6 is 11.8 Å². The van der Waals surface area contributed by atoms with Crippen LogP contribution in [0.15, 0.2) is 29.4 Å². The molecule has 0 bridgehead atoms. The third-order valence-electron chi connectivity index (χ3n) is 4.88. The molecular weight excluding hydrogens is 386 g/mol. The van der Waals surface area contributed by atoms with Gasteiger partial charge in [-0.1, -0.05) is 69.3 Å². The first-order chi connectivity index (χ1) is 13.9. The van der Waals surface area contributed by atoms with E-state index < -0.39 is 4.87 Å². The monoisotopic (exact) mass is 419 g/mol. The Morgan fingerprint density at radius 2 is 1.69 bits per heavy atom. The molecule has 1 heterocycles. The van der Waals surface area contributed by atoms with Gasteiger partial charge in [-0.15, -0.1) is 5.10 Å². The molecule has 0 radical (unpaired) electrons. The van der Waals surface area contributed by atoms with Crippen LogP contribution in [0.4, 0.5) is 0 Å². The number of unbranched alkanes of at least 4 members (excludes halogenated alkanes) is 6. The van der Waals surface area contributed by atoms with Crippen molar-refractivity contribution < 1.29 is 14.3 Å². The number of hydrogen-bond donors (Lipinski definition) is 1. The number of carbonyl (C=O) groups is 2. The molecule has 0 aromatic heterocycles. The predicted octanol–water partition coefficient (Wildman–Crippen LogP) is 4.99. The zero-order valence-corrected chi connectivity index (χ0v) is 18.8. The fourth-order valence-corrected chi connectivity index (χ4v) is 4.50. The summed E-state index contributed by atoms with van der Waals surface area (Å²) in [5, 5.41) is 8.79. The van der Waals surface area contributed by atoms with E-state index in [-0.39, 0.29) is 11.8 Å². The number of benzene rings is 1. The molecule has 0 saturated heterocycles. The van der Waals surface area contributed by atoms with E-state index in [4.69, 9.17) is 4.74 Å². The van der Waals surface area contributed by atoms with Gasteiger partial charge in [-0.05, 0) is 31.0 Å². The van der Waals surface area contributed by atoms with Crippen molar-refractivity contribution in [2.75, 3.05) is 6.61 Å². The highest BCUT2D eigenvalue weighted by molar-refractivity contribution is 8.14. The van der Waals surface area contributed by atoms with Crippen molar-refractivity contribution >= 4 is 28.7 Å². The molecule has 160 valence electrons. The zero-order chi connectivity index (χ0) is 21.3. The van der Waals surface area contributed by atoms with Gasteiger partial charge >= 0.3 is 0 Å². The standard InChI is InChI=1S/C22H33N3O3S/c1-5-6-7-8-9-10-11-16-28-20-14-12-19(13-15-20)22(4)25(18(3)27)24-21(29-22)23-17(2)26/h12-15H,5-11,16H2,1-4H3,(H,23,24,26). The Morgan fingerprint density at radius 1 is 1.07 bits per heavy atom. The smallest absolute Gasteiger partial charge is 0.241 e. The van der Waals surface area contributed by atoms with E-state index >= 15 is 0 Å². The lowest BCUT2D eigenvalue weighted by molar-refractivity contribution is -0.131. The molecule has 1 aromatic carbocycles. The largest absolute Gasteiger partial charge is 0.494 e. The van der Waals surface area contributed by atoms with Gasteiger partial charge in [0.2, 0.25) is 11.8 Å². The summed E-state index contributed by atoms with van der Waals surface area (Å²) in [5.74, 6) is 0.432. The average Bonchev–Trinajstić information content (AvgIpc) is 3.01. The predicted molar refractivity (Wildman–Crippen MR) is 119 cm³/mol. The van der Waals surface area contributed by atoms with E-state index in [1.165, 1.54) is 69.1 Å². The summed E-state index contributed by atoms with van der Waals surface area (Å²) in [7, 11) is 0. The molecule has 0 aliphatic carbocycles. The quantitative estimate of drug-likeness (QED) is 0.542. The van der Waals surface area contributed by atoms with E-state index in [0.717, 1.165) is 17.7 Å². The van der Waals surface area contributed by atoms with Crippen molar-refractivity contribution in [2.24, 2.45) is 5.10 Å². The fraction of sp³-hybridized carbons (Fsp3) is 0.591. The highest BCUT2D eigenvalue weighted by Crippen LogP contribution is 2.45. The molecule has 6 nitrogen and oxygen atoms in total. The van der Waals surface area contributed by atoms with Crippen molar-refractivity contribution in [3.63, 3.8) is 0 Å². The fourth-order valence-electron chi connectivity index (χ4n) is 3.30. The van der Waals surface area contributed by atoms with Crippen LogP contribution in [0.2, 0.25) is 0 Å². The Hall–Kier alpha value is -2.02. The molecular formula is C22H33N3O3S. The van der Waals surface area contributed by atoms with Gasteiger partial charge in [0.25, 0.3) is 0 Å². The van der Waals surface area contributed by atoms with Crippen LogP contribution in [0.5, 0.6) is 5.75 Å². The van der Waals surface area contributed by atoms with Gasteiger partial charge in [0.1, 0.15) is 10.6 Å². The molecule has 7 heteroatoms. The van der Waals surface area contributed by atoms with Gasteiger partial charge in [-0.25, -0.2) is 5.01 Å². The first kappa shape index (κ1) is 23.3. The molecule has 29 heavy (non-hydrogen) atoms. The Balaban J connectivity index is 1.88. The number of rotatable bonds is 10. The summed E-state index contributed by atoms with van der Waals surface area (Å²) in [6.07, 6.45) is 8.80. The molecule has 0 spiro atoms. The number of nitrogens with zero attached hydrogens (tertiary/aromatic N) is 2. The van der Waals surface area contributed by atoms with Crippen LogP contribution in [0.3, 0.4) is 0 Å². The second-order valence-corrected chi connectivity index (χ2v) is 8.88. The second-order valence-electron chi connectivity index (χ2n) is 7.50. The molecule has 1 unspecified atom stereocenters. The first-order valence-electron chi connectivity index (χ1n) is 10.5. The van der Waals surface area contributed by atoms with Gasteiger partial charge in [-0.2, -0.15) is 0 Å². The summed E-state index contributed by atoms with van der Waals surface area (Å²) in [4.78, 5) is 22.7. The van der Waals surface area contributed by atoms with Crippen LogP contribution in [0.1, 0.15) is 78.2 Å². The SMILES string of the molecule is CCCCCCCCCOc1ccc(C2(C)SC(NC(C)=O)=NN2C(C)=O)cc1. The van der Waals surface area contributed by atoms with Gasteiger partial charge in [0.15, 0.2) is 5.17 Å². The molecule has 0 fully saturated rings. The summed E-state index contributed by atoms with van der Waals surface area (Å²) < 4.78 is 5.86. The summed E-state index contributed by atoms with van der Waals surface area (Å²) in [6.45, 7) is 7.77. The third-order valence-corrected chi connectivity index (χ3v) is 6.06. The molecule has 0 saturated carbocycles. The Kier molecular flexibility index (Phi) is 9.01. The molecule has 1 aliphatic rings. The highest BCUT2D eigenvalue weighted by Gasteiger charge is 2.43. The molecule has 1 aromatic rings. The van der Waals surface area contributed by atoms with Crippen LogP contribution in [0, 0.1) is 0 Å². The van der Waals surface area contributed by atoms with E-state index in [0.29, 0.717) is 11.8 Å². The Morgan fingerprint density at radius 3 is 2.28 bits per heavy atom. The summed E-state index contributed by atoms with van der Waals surface area (Å²) >= 11 is 1.35. The number of thioether (sulfide) groups is 1. The minimum atomic E-state index is -0.708. The lowest BCUT2D eigenvalue weighted by Gasteiger charge is -2.31. The Labute approximate surface area is 178 Å².